The lowest BCUT2D eigenvalue weighted by Crippen LogP contribution is -2.32. The Morgan fingerprint density at radius 1 is 1.10 bits per heavy atom. The summed E-state index contributed by atoms with van der Waals surface area (Å²) in [5, 5.41) is 4.57. The lowest BCUT2D eigenvalue weighted by molar-refractivity contribution is -0.133. The molecule has 4 rings (SSSR count). The SMILES string of the molecule is Cc1cc(CN(Cc2ccc3c(c2)OCCO3)C(=O)CC2CCCCC2)nn1C. The molecule has 6 heteroatoms. The Kier molecular flexibility index (Phi) is 6.07. The topological polar surface area (TPSA) is 56.6 Å². The number of aryl methyl sites for hydroxylation is 2. The summed E-state index contributed by atoms with van der Waals surface area (Å²) in [6, 6.07) is 8.03. The fraction of sp³-hybridized carbons (Fsp3) is 0.565. The van der Waals surface area contributed by atoms with Gasteiger partial charge in [0.2, 0.25) is 5.91 Å². The number of hydrogen-bond donors (Lipinski definition) is 0. The number of nitrogens with zero attached hydrogens (tertiary/aromatic N) is 3. The van der Waals surface area contributed by atoms with Gasteiger partial charge in [-0.15, -0.1) is 0 Å². The van der Waals surface area contributed by atoms with Crippen molar-refractivity contribution in [3.8, 4) is 11.5 Å². The Hall–Kier alpha value is -2.50. The Balaban J connectivity index is 1.51. The van der Waals surface area contributed by atoms with Gasteiger partial charge in [0, 0.05) is 25.7 Å². The highest BCUT2D eigenvalue weighted by molar-refractivity contribution is 5.76. The summed E-state index contributed by atoms with van der Waals surface area (Å²) >= 11 is 0. The maximum Gasteiger partial charge on any atom is 0.223 e. The summed E-state index contributed by atoms with van der Waals surface area (Å²) in [5.41, 5.74) is 3.08. The second-order valence-corrected chi connectivity index (χ2v) is 8.34. The van der Waals surface area contributed by atoms with Crippen molar-refractivity contribution in [1.29, 1.82) is 0 Å². The van der Waals surface area contributed by atoms with Crippen molar-refractivity contribution in [2.45, 2.75) is 58.5 Å². The normalized spacial score (nSPS) is 16.6. The Labute approximate surface area is 172 Å². The molecule has 0 bridgehead atoms. The van der Waals surface area contributed by atoms with Crippen LogP contribution in [0.2, 0.25) is 0 Å². The Morgan fingerprint density at radius 3 is 2.59 bits per heavy atom. The third-order valence-corrected chi connectivity index (χ3v) is 6.04. The number of fused-ring (bicyclic) bond motifs is 1. The van der Waals surface area contributed by atoms with E-state index in [2.05, 4.69) is 11.2 Å². The molecule has 0 spiro atoms. The molecule has 2 aliphatic rings. The second kappa shape index (κ2) is 8.89. The van der Waals surface area contributed by atoms with E-state index in [-0.39, 0.29) is 5.91 Å². The molecule has 29 heavy (non-hydrogen) atoms. The van der Waals surface area contributed by atoms with E-state index < -0.39 is 0 Å². The summed E-state index contributed by atoms with van der Waals surface area (Å²) in [5.74, 6) is 2.28. The smallest absolute Gasteiger partial charge is 0.223 e. The molecule has 0 unspecified atom stereocenters. The summed E-state index contributed by atoms with van der Waals surface area (Å²) < 4.78 is 13.2. The Morgan fingerprint density at radius 2 is 1.86 bits per heavy atom. The first-order valence-electron chi connectivity index (χ1n) is 10.7. The molecule has 1 fully saturated rings. The van der Waals surface area contributed by atoms with Gasteiger partial charge in [0.15, 0.2) is 11.5 Å². The van der Waals surface area contributed by atoms with Gasteiger partial charge in [-0.25, -0.2) is 0 Å². The molecule has 1 aliphatic carbocycles. The highest BCUT2D eigenvalue weighted by atomic mass is 16.6. The van der Waals surface area contributed by atoms with Crippen molar-refractivity contribution in [3.05, 3.63) is 41.2 Å². The maximum absolute atomic E-state index is 13.2. The minimum Gasteiger partial charge on any atom is -0.486 e. The molecule has 1 aromatic heterocycles. The first kappa shape index (κ1) is 19.8. The number of amides is 1. The molecule has 1 amide bonds. The Bertz CT molecular complexity index is 836. The standard InChI is InChI=1S/C23H31N3O3/c1-17-12-20(24-25(17)2)16-26(23(27)14-18-6-4-3-5-7-18)15-19-8-9-21-22(13-19)29-11-10-28-21/h8-9,12-13,18H,3-7,10-11,14-16H2,1-2H3. The van der Waals surface area contributed by atoms with Crippen molar-refractivity contribution >= 4 is 5.91 Å². The minimum absolute atomic E-state index is 0.218. The molecule has 1 aromatic carbocycles. The molecule has 1 aliphatic heterocycles. The van der Waals surface area contributed by atoms with Gasteiger partial charge in [-0.05, 0) is 49.4 Å². The molecule has 2 aromatic rings. The van der Waals surface area contributed by atoms with Crippen molar-refractivity contribution in [3.63, 3.8) is 0 Å². The predicted octanol–water partition coefficient (Wildman–Crippen LogP) is 4.00. The number of ether oxygens (including phenoxy) is 2. The van der Waals surface area contributed by atoms with Crippen LogP contribution in [0.15, 0.2) is 24.3 Å². The van der Waals surface area contributed by atoms with Crippen LogP contribution in [0.3, 0.4) is 0 Å². The van der Waals surface area contributed by atoms with Crippen LogP contribution in [-0.2, 0) is 24.9 Å². The zero-order valence-corrected chi connectivity index (χ0v) is 17.5. The first-order valence-corrected chi connectivity index (χ1v) is 10.7. The third kappa shape index (κ3) is 4.92. The van der Waals surface area contributed by atoms with Gasteiger partial charge >= 0.3 is 0 Å². The van der Waals surface area contributed by atoms with Crippen LogP contribution in [0.4, 0.5) is 0 Å². The van der Waals surface area contributed by atoms with Crippen LogP contribution >= 0.6 is 0 Å². The van der Waals surface area contributed by atoms with E-state index >= 15 is 0 Å². The number of rotatable bonds is 6. The molecular weight excluding hydrogens is 366 g/mol. The van der Waals surface area contributed by atoms with E-state index in [1.807, 2.05) is 41.8 Å². The third-order valence-electron chi connectivity index (χ3n) is 6.04. The van der Waals surface area contributed by atoms with Crippen LogP contribution in [0, 0.1) is 12.8 Å². The predicted molar refractivity (Wildman–Crippen MR) is 111 cm³/mol. The largest absolute Gasteiger partial charge is 0.486 e. The van der Waals surface area contributed by atoms with Gasteiger partial charge in [-0.2, -0.15) is 5.10 Å². The zero-order valence-electron chi connectivity index (χ0n) is 17.5. The molecule has 6 nitrogen and oxygen atoms in total. The van der Waals surface area contributed by atoms with E-state index in [1.54, 1.807) is 0 Å². The highest BCUT2D eigenvalue weighted by Crippen LogP contribution is 2.32. The fourth-order valence-electron chi connectivity index (χ4n) is 4.31. The van der Waals surface area contributed by atoms with Crippen LogP contribution in [-0.4, -0.2) is 33.8 Å². The highest BCUT2D eigenvalue weighted by Gasteiger charge is 2.23. The number of aromatic nitrogens is 2. The van der Waals surface area contributed by atoms with Gasteiger partial charge in [0.1, 0.15) is 13.2 Å². The van der Waals surface area contributed by atoms with Crippen molar-refractivity contribution in [2.75, 3.05) is 13.2 Å². The average molecular weight is 398 g/mol. The van der Waals surface area contributed by atoms with Gasteiger partial charge < -0.3 is 14.4 Å². The second-order valence-electron chi connectivity index (χ2n) is 8.34. The fourth-order valence-corrected chi connectivity index (χ4v) is 4.31. The number of hydrogen-bond acceptors (Lipinski definition) is 4. The number of carbonyl (C=O) groups is 1. The molecule has 0 N–H and O–H groups in total. The number of carbonyl (C=O) groups excluding carboxylic acids is 1. The van der Waals surface area contributed by atoms with Crippen molar-refractivity contribution < 1.29 is 14.3 Å². The minimum atomic E-state index is 0.218. The van der Waals surface area contributed by atoms with Crippen LogP contribution in [0.5, 0.6) is 11.5 Å². The monoisotopic (exact) mass is 397 g/mol. The van der Waals surface area contributed by atoms with Crippen LogP contribution < -0.4 is 9.47 Å². The lowest BCUT2D eigenvalue weighted by atomic mass is 9.86. The lowest BCUT2D eigenvalue weighted by Gasteiger charge is -2.27. The summed E-state index contributed by atoms with van der Waals surface area (Å²) in [7, 11) is 1.94. The summed E-state index contributed by atoms with van der Waals surface area (Å²) in [6.07, 6.45) is 6.78. The van der Waals surface area contributed by atoms with Gasteiger partial charge in [-0.1, -0.05) is 25.3 Å². The number of benzene rings is 1. The van der Waals surface area contributed by atoms with Crippen molar-refractivity contribution in [2.24, 2.45) is 13.0 Å². The molecule has 0 radical (unpaired) electrons. The first-order chi connectivity index (χ1) is 14.1. The van der Waals surface area contributed by atoms with E-state index in [0.29, 0.717) is 38.6 Å². The van der Waals surface area contributed by atoms with E-state index in [1.165, 1.54) is 32.1 Å². The van der Waals surface area contributed by atoms with E-state index in [0.717, 1.165) is 28.5 Å². The molecule has 2 heterocycles. The van der Waals surface area contributed by atoms with Gasteiger partial charge in [0.25, 0.3) is 0 Å². The summed E-state index contributed by atoms with van der Waals surface area (Å²) in [6.45, 7) is 4.26. The molecule has 0 atom stereocenters. The summed E-state index contributed by atoms with van der Waals surface area (Å²) in [4.78, 5) is 15.2. The van der Waals surface area contributed by atoms with Crippen LogP contribution in [0.25, 0.3) is 0 Å². The zero-order chi connectivity index (χ0) is 20.2. The molecular formula is C23H31N3O3. The van der Waals surface area contributed by atoms with Gasteiger partial charge in [0.05, 0.1) is 12.2 Å². The quantitative estimate of drug-likeness (QED) is 0.739. The van der Waals surface area contributed by atoms with E-state index in [4.69, 9.17) is 9.47 Å². The van der Waals surface area contributed by atoms with Crippen molar-refractivity contribution in [1.82, 2.24) is 14.7 Å². The molecule has 1 saturated carbocycles. The van der Waals surface area contributed by atoms with E-state index in [9.17, 15) is 4.79 Å². The van der Waals surface area contributed by atoms with Gasteiger partial charge in [-0.3, -0.25) is 9.48 Å². The molecule has 0 saturated heterocycles. The molecule has 156 valence electrons. The van der Waals surface area contributed by atoms with Crippen LogP contribution in [0.1, 0.15) is 55.5 Å². The maximum atomic E-state index is 13.2. The average Bonchev–Trinajstić information content (AvgIpc) is 3.05.